The summed E-state index contributed by atoms with van der Waals surface area (Å²) in [5.41, 5.74) is -0.0372. The molecule has 202 valence electrons. The van der Waals surface area contributed by atoms with Gasteiger partial charge in [0.2, 0.25) is 0 Å². The summed E-state index contributed by atoms with van der Waals surface area (Å²) in [6, 6.07) is 5.20. The lowest BCUT2D eigenvalue weighted by Gasteiger charge is -1.98. The van der Waals surface area contributed by atoms with Crippen LogP contribution in [0, 0.1) is 0 Å². The molecule has 0 unspecified atom stereocenters. The first-order chi connectivity index (χ1) is 16.9. The van der Waals surface area contributed by atoms with Gasteiger partial charge in [0.15, 0.2) is 0 Å². The fourth-order valence-corrected chi connectivity index (χ4v) is 2.60. The molecule has 1 aromatic carbocycles. The first-order valence-electron chi connectivity index (χ1n) is 11.3. The summed E-state index contributed by atoms with van der Waals surface area (Å²) in [5.74, 6) is -5.47. The van der Waals surface area contributed by atoms with Crippen LogP contribution in [0.1, 0.15) is 97.8 Å². The molecule has 0 radical (unpaired) electrons. The molecular formula is C24H34O12. The molecule has 0 aromatic heterocycles. The van der Waals surface area contributed by atoms with Crippen molar-refractivity contribution in [2.24, 2.45) is 0 Å². The van der Waals surface area contributed by atoms with Crippen molar-refractivity contribution in [2.75, 3.05) is 0 Å². The Labute approximate surface area is 208 Å². The minimum atomic E-state index is -1.13. The summed E-state index contributed by atoms with van der Waals surface area (Å²) in [4.78, 5) is 60.8. The molecule has 6 N–H and O–H groups in total. The number of rotatable bonds is 16. The van der Waals surface area contributed by atoms with Crippen molar-refractivity contribution in [3.63, 3.8) is 0 Å². The first-order valence-corrected chi connectivity index (χ1v) is 11.3. The van der Waals surface area contributed by atoms with E-state index in [4.69, 9.17) is 30.6 Å². The van der Waals surface area contributed by atoms with Crippen molar-refractivity contribution in [2.45, 2.75) is 77.0 Å². The van der Waals surface area contributed by atoms with Crippen LogP contribution in [0.2, 0.25) is 0 Å². The lowest BCUT2D eigenvalue weighted by atomic mass is 10.1. The number of unbranched alkanes of at least 4 members (excludes halogenated alkanes) is 6. The molecule has 0 bridgehead atoms. The number of carbonyl (C=O) groups is 6. The van der Waals surface area contributed by atoms with Gasteiger partial charge in [-0.05, 0) is 43.9 Å². The highest BCUT2D eigenvalue weighted by Gasteiger charge is 2.06. The van der Waals surface area contributed by atoms with Crippen LogP contribution in [0.25, 0.3) is 0 Å². The Kier molecular flexibility index (Phi) is 20.5. The summed E-state index contributed by atoms with van der Waals surface area (Å²) >= 11 is 0. The maximum absolute atomic E-state index is 10.4. The Bertz CT molecular complexity index is 782. The molecule has 0 aliphatic heterocycles. The average molecular weight is 515 g/mol. The number of aromatic carboxylic acids is 2. The van der Waals surface area contributed by atoms with E-state index in [0.29, 0.717) is 12.8 Å². The molecule has 12 heteroatoms. The fourth-order valence-electron chi connectivity index (χ4n) is 2.60. The van der Waals surface area contributed by atoms with E-state index in [9.17, 15) is 28.8 Å². The predicted molar refractivity (Wildman–Crippen MR) is 126 cm³/mol. The van der Waals surface area contributed by atoms with Crippen molar-refractivity contribution < 1.29 is 59.4 Å². The van der Waals surface area contributed by atoms with Crippen LogP contribution < -0.4 is 0 Å². The lowest BCUT2D eigenvalue weighted by molar-refractivity contribution is -0.139. The standard InChI is InChI=1S/C10H18O4.C8H6O4.C6H10O4/c11-9(12)7-5-3-1-2-4-6-8-10(13)14;9-7(10)5-2-1-3-6(4-5)8(11)12;7-5(8)3-1-2-4-6(9)10/h1-8H2,(H,11,12)(H,13,14);1-4H,(H,9,10)(H,11,12);1-4H2,(H,7,8)(H,9,10). The first kappa shape index (κ1) is 34.2. The van der Waals surface area contributed by atoms with Gasteiger partial charge in [-0.2, -0.15) is 0 Å². The highest BCUT2D eigenvalue weighted by molar-refractivity contribution is 5.93. The second-order valence-electron chi connectivity index (χ2n) is 7.59. The molecule has 0 heterocycles. The van der Waals surface area contributed by atoms with Crippen LogP contribution in [0.5, 0.6) is 0 Å². The molecule has 0 fully saturated rings. The zero-order chi connectivity index (χ0) is 27.9. The van der Waals surface area contributed by atoms with Gasteiger partial charge in [-0.3, -0.25) is 19.2 Å². The third kappa shape index (κ3) is 24.7. The predicted octanol–water partition coefficient (Wildman–Crippen LogP) is 4.08. The Balaban J connectivity index is 0. The molecule has 0 atom stereocenters. The molecule has 1 aromatic rings. The largest absolute Gasteiger partial charge is 0.481 e. The number of hydrogen-bond acceptors (Lipinski definition) is 6. The summed E-state index contributed by atoms with van der Waals surface area (Å²) in [5, 5.41) is 50.0. The van der Waals surface area contributed by atoms with E-state index in [2.05, 4.69) is 0 Å². The Morgan fingerprint density at radius 1 is 0.444 bits per heavy atom. The summed E-state index contributed by atoms with van der Waals surface area (Å²) in [6.45, 7) is 0. The van der Waals surface area contributed by atoms with Crippen molar-refractivity contribution in [1.82, 2.24) is 0 Å². The van der Waals surface area contributed by atoms with E-state index in [-0.39, 0.29) is 36.8 Å². The van der Waals surface area contributed by atoms with E-state index in [1.807, 2.05) is 0 Å². The summed E-state index contributed by atoms with van der Waals surface area (Å²) in [6.07, 6.45) is 6.84. The normalized spacial score (nSPS) is 9.56. The monoisotopic (exact) mass is 514 g/mol. The molecular weight excluding hydrogens is 480 g/mol. The maximum Gasteiger partial charge on any atom is 0.335 e. The van der Waals surface area contributed by atoms with E-state index >= 15 is 0 Å². The second kappa shape index (κ2) is 21.6. The zero-order valence-electron chi connectivity index (χ0n) is 19.9. The van der Waals surface area contributed by atoms with Crippen molar-refractivity contribution in [1.29, 1.82) is 0 Å². The van der Waals surface area contributed by atoms with Crippen LogP contribution in [0.3, 0.4) is 0 Å². The van der Waals surface area contributed by atoms with Crippen LogP contribution in [0.4, 0.5) is 0 Å². The minimum absolute atomic E-state index is 0.0186. The maximum atomic E-state index is 10.4. The topological polar surface area (TPSA) is 224 Å². The van der Waals surface area contributed by atoms with E-state index in [0.717, 1.165) is 44.6 Å². The molecule has 12 nitrogen and oxygen atoms in total. The van der Waals surface area contributed by atoms with Crippen LogP contribution in [0.15, 0.2) is 24.3 Å². The van der Waals surface area contributed by atoms with Gasteiger partial charge in [-0.1, -0.05) is 31.7 Å². The van der Waals surface area contributed by atoms with Gasteiger partial charge in [0.05, 0.1) is 11.1 Å². The van der Waals surface area contributed by atoms with Gasteiger partial charge >= 0.3 is 35.8 Å². The third-order valence-corrected chi connectivity index (χ3v) is 4.42. The fraction of sp³-hybridized carbons (Fsp3) is 0.500. The van der Waals surface area contributed by atoms with Crippen LogP contribution >= 0.6 is 0 Å². The molecule has 0 saturated heterocycles. The van der Waals surface area contributed by atoms with Crippen molar-refractivity contribution in [3.05, 3.63) is 35.4 Å². The highest BCUT2D eigenvalue weighted by atomic mass is 16.4. The van der Waals surface area contributed by atoms with E-state index < -0.39 is 35.8 Å². The Hall–Kier alpha value is -3.96. The van der Waals surface area contributed by atoms with E-state index in [1.54, 1.807) is 0 Å². The number of benzene rings is 1. The second-order valence-corrected chi connectivity index (χ2v) is 7.59. The van der Waals surface area contributed by atoms with Crippen LogP contribution in [-0.2, 0) is 19.2 Å². The molecule has 0 aliphatic rings. The molecule has 0 saturated carbocycles. The van der Waals surface area contributed by atoms with Gasteiger partial charge in [0, 0.05) is 25.7 Å². The molecule has 0 spiro atoms. The van der Waals surface area contributed by atoms with Gasteiger partial charge in [-0.25, -0.2) is 9.59 Å². The van der Waals surface area contributed by atoms with Crippen molar-refractivity contribution >= 4 is 35.8 Å². The quantitative estimate of drug-likeness (QED) is 0.172. The average Bonchev–Trinajstić information content (AvgIpc) is 2.79. The minimum Gasteiger partial charge on any atom is -0.481 e. The van der Waals surface area contributed by atoms with Gasteiger partial charge in [0.25, 0.3) is 0 Å². The van der Waals surface area contributed by atoms with Gasteiger partial charge in [0.1, 0.15) is 0 Å². The number of aliphatic carboxylic acids is 4. The Morgan fingerprint density at radius 2 is 0.694 bits per heavy atom. The summed E-state index contributed by atoms with van der Waals surface area (Å²) in [7, 11) is 0. The molecule has 0 amide bonds. The summed E-state index contributed by atoms with van der Waals surface area (Å²) < 4.78 is 0. The number of carboxylic acids is 6. The van der Waals surface area contributed by atoms with Crippen LogP contribution in [-0.4, -0.2) is 66.5 Å². The van der Waals surface area contributed by atoms with Crippen molar-refractivity contribution in [3.8, 4) is 0 Å². The zero-order valence-corrected chi connectivity index (χ0v) is 19.9. The molecule has 36 heavy (non-hydrogen) atoms. The van der Waals surface area contributed by atoms with E-state index in [1.165, 1.54) is 18.2 Å². The highest BCUT2D eigenvalue weighted by Crippen LogP contribution is 2.08. The Morgan fingerprint density at radius 3 is 0.944 bits per heavy atom. The molecule has 1 rings (SSSR count). The lowest BCUT2D eigenvalue weighted by Crippen LogP contribution is -2.01. The van der Waals surface area contributed by atoms with Gasteiger partial charge in [-0.15, -0.1) is 0 Å². The third-order valence-electron chi connectivity index (χ3n) is 4.42. The smallest absolute Gasteiger partial charge is 0.335 e. The SMILES string of the molecule is O=C(O)CCCCC(=O)O.O=C(O)CCCCCCCCC(=O)O.O=C(O)c1cccc(C(=O)O)c1. The molecule has 0 aliphatic carbocycles. The number of carboxylic acid groups (broad SMARTS) is 6. The number of hydrogen-bond donors (Lipinski definition) is 6. The van der Waals surface area contributed by atoms with Gasteiger partial charge < -0.3 is 30.6 Å².